The number of carboxylic acid groups (broad SMARTS) is 1. The number of alkyl halides is 1. The van der Waals surface area contributed by atoms with Gasteiger partial charge in [-0.25, -0.2) is 19.0 Å². The molecule has 12 heteroatoms. The Labute approximate surface area is 210 Å². The highest BCUT2D eigenvalue weighted by atomic mass is 19.1. The number of rotatable bonds is 9. The molecule has 2 amide bonds. The zero-order chi connectivity index (χ0) is 26.1. The zero-order valence-electron chi connectivity index (χ0n) is 20.7. The largest absolute Gasteiger partial charge is 0.480 e. The van der Waals surface area contributed by atoms with Crippen molar-refractivity contribution in [1.82, 2.24) is 15.5 Å². The van der Waals surface area contributed by atoms with Crippen LogP contribution in [0.25, 0.3) is 0 Å². The normalized spacial score (nSPS) is 18.7. The van der Waals surface area contributed by atoms with Crippen molar-refractivity contribution in [3.8, 4) is 0 Å². The fourth-order valence-corrected chi connectivity index (χ4v) is 3.84. The van der Waals surface area contributed by atoms with Crippen molar-refractivity contribution in [3.05, 3.63) is 24.3 Å². The summed E-state index contributed by atoms with van der Waals surface area (Å²) in [4.78, 5) is 44.0. The van der Waals surface area contributed by atoms with E-state index in [1.807, 2.05) is 38.1 Å². The van der Waals surface area contributed by atoms with Gasteiger partial charge in [0.15, 0.2) is 5.96 Å². The number of ether oxygens (including phenoxy) is 1. The Morgan fingerprint density at radius 1 is 1.25 bits per heavy atom. The van der Waals surface area contributed by atoms with Crippen LogP contribution in [0.4, 0.5) is 20.6 Å². The molecule has 0 bridgehead atoms. The van der Waals surface area contributed by atoms with Crippen molar-refractivity contribution in [3.63, 3.8) is 0 Å². The molecule has 0 spiro atoms. The first-order chi connectivity index (χ1) is 17.2. The number of anilines is 2. The maximum atomic E-state index is 13.2. The molecule has 0 saturated carbocycles. The Morgan fingerprint density at radius 2 is 2.00 bits per heavy atom. The van der Waals surface area contributed by atoms with Crippen molar-refractivity contribution in [2.75, 3.05) is 56.1 Å². The summed E-state index contributed by atoms with van der Waals surface area (Å²) in [6.07, 6.45) is -1.78. The third-order valence-electron chi connectivity index (χ3n) is 5.83. The second-order valence-electron chi connectivity index (χ2n) is 9.28. The maximum Gasteiger partial charge on any atom is 0.407 e. The zero-order valence-corrected chi connectivity index (χ0v) is 20.7. The number of hydrogen-bond acceptors (Lipinski definition) is 8. The Bertz CT molecular complexity index is 951. The average Bonchev–Trinajstić information content (AvgIpc) is 2.86. The second kappa shape index (κ2) is 12.9. The van der Waals surface area contributed by atoms with Crippen LogP contribution in [0.2, 0.25) is 0 Å². The van der Waals surface area contributed by atoms with Gasteiger partial charge in [0.25, 0.3) is 0 Å². The molecule has 2 aliphatic rings. The van der Waals surface area contributed by atoms with Crippen LogP contribution in [0.15, 0.2) is 29.3 Å². The molecule has 1 saturated heterocycles. The van der Waals surface area contributed by atoms with Gasteiger partial charge in [-0.15, -0.1) is 0 Å². The fourth-order valence-electron chi connectivity index (χ4n) is 3.84. The Morgan fingerprint density at radius 3 is 2.64 bits per heavy atom. The highest BCUT2D eigenvalue weighted by Gasteiger charge is 2.26. The number of aliphatic carboxylic acids is 1. The van der Waals surface area contributed by atoms with Gasteiger partial charge >= 0.3 is 12.1 Å². The first-order valence-electron chi connectivity index (χ1n) is 12.2. The van der Waals surface area contributed by atoms with Gasteiger partial charge in [-0.2, -0.15) is 0 Å². The van der Waals surface area contributed by atoms with Crippen molar-refractivity contribution in [2.45, 2.75) is 38.9 Å². The number of carbonyl (C=O) groups excluding carboxylic acids is 2. The Balaban J connectivity index is 1.45. The van der Waals surface area contributed by atoms with Crippen molar-refractivity contribution in [1.29, 1.82) is 0 Å². The Hall–Kier alpha value is -3.57. The number of hydrogen-bond donors (Lipinski definition) is 4. The molecule has 36 heavy (non-hydrogen) atoms. The van der Waals surface area contributed by atoms with Gasteiger partial charge < -0.3 is 35.6 Å². The average molecular weight is 507 g/mol. The molecule has 2 atom stereocenters. The van der Waals surface area contributed by atoms with E-state index < -0.39 is 24.3 Å². The Kier molecular flexibility index (Phi) is 9.71. The minimum absolute atomic E-state index is 0.00960. The number of nitrogens with one attached hydrogen (secondary N) is 3. The van der Waals surface area contributed by atoms with Gasteiger partial charge in [-0.1, -0.05) is 19.9 Å². The van der Waals surface area contributed by atoms with Crippen LogP contribution in [-0.4, -0.2) is 92.0 Å². The lowest BCUT2D eigenvalue weighted by molar-refractivity contribution is -0.140. The van der Waals surface area contributed by atoms with E-state index in [-0.39, 0.29) is 44.4 Å². The van der Waals surface area contributed by atoms with Crippen molar-refractivity contribution in [2.24, 2.45) is 10.9 Å². The standard InChI is InChI=1S/C24H35FN6O5/c1-16(2)15-36-24(35)29-20(22(33)34)6-7-21(32)31-10-8-30(9-11-31)19-5-3-4-18(12-19)28-23-26-13-17(25)14-27-23/h3-5,12,16-17,20H,6-11,13-15H2,1-2H3,(H,29,35)(H,33,34)(H2,26,27,28). The summed E-state index contributed by atoms with van der Waals surface area (Å²) >= 11 is 0. The minimum atomic E-state index is -1.21. The van der Waals surface area contributed by atoms with E-state index in [4.69, 9.17) is 4.74 Å². The summed E-state index contributed by atoms with van der Waals surface area (Å²) in [5.41, 5.74) is 1.82. The predicted octanol–water partition coefficient (Wildman–Crippen LogP) is 1.66. The van der Waals surface area contributed by atoms with E-state index in [0.29, 0.717) is 32.1 Å². The van der Waals surface area contributed by atoms with Crippen LogP contribution in [-0.2, 0) is 14.3 Å². The van der Waals surface area contributed by atoms with Crippen LogP contribution < -0.4 is 20.9 Å². The molecule has 0 aromatic heterocycles. The molecule has 1 aromatic carbocycles. The topological polar surface area (TPSA) is 136 Å². The summed E-state index contributed by atoms with van der Waals surface area (Å²) in [5, 5.41) is 17.8. The number of amides is 2. The molecule has 198 valence electrons. The van der Waals surface area contributed by atoms with Crippen LogP contribution in [0.1, 0.15) is 26.7 Å². The number of aliphatic imine (C=N–C) groups is 1. The number of halogens is 1. The van der Waals surface area contributed by atoms with Gasteiger partial charge in [0.2, 0.25) is 5.91 Å². The molecule has 2 unspecified atom stereocenters. The number of alkyl carbamates (subject to hydrolysis) is 1. The van der Waals surface area contributed by atoms with E-state index in [9.17, 15) is 23.9 Å². The molecule has 1 aromatic rings. The third kappa shape index (κ3) is 8.28. The molecule has 0 aliphatic carbocycles. The van der Waals surface area contributed by atoms with Crippen LogP contribution in [0.3, 0.4) is 0 Å². The number of piperazine rings is 1. The molecule has 3 rings (SSSR count). The van der Waals surface area contributed by atoms with Gasteiger partial charge in [-0.3, -0.25) is 4.79 Å². The van der Waals surface area contributed by atoms with Crippen LogP contribution in [0, 0.1) is 5.92 Å². The maximum absolute atomic E-state index is 13.2. The summed E-state index contributed by atoms with van der Waals surface area (Å²) in [7, 11) is 0. The van der Waals surface area contributed by atoms with E-state index in [1.165, 1.54) is 0 Å². The van der Waals surface area contributed by atoms with E-state index >= 15 is 0 Å². The molecule has 4 N–H and O–H groups in total. The monoisotopic (exact) mass is 506 g/mol. The smallest absolute Gasteiger partial charge is 0.407 e. The van der Waals surface area contributed by atoms with Crippen molar-refractivity contribution < 1.29 is 28.6 Å². The number of guanidine groups is 1. The summed E-state index contributed by atoms with van der Waals surface area (Å²) < 4.78 is 18.2. The third-order valence-corrected chi connectivity index (χ3v) is 5.83. The van der Waals surface area contributed by atoms with Gasteiger partial charge in [0.05, 0.1) is 19.7 Å². The van der Waals surface area contributed by atoms with Gasteiger partial charge in [0.1, 0.15) is 12.2 Å². The lowest BCUT2D eigenvalue weighted by atomic mass is 10.1. The fraction of sp³-hybridized carbons (Fsp3) is 0.583. The molecular weight excluding hydrogens is 471 g/mol. The van der Waals surface area contributed by atoms with E-state index in [1.54, 1.807) is 4.90 Å². The highest BCUT2D eigenvalue weighted by molar-refractivity contribution is 5.94. The number of nitrogens with zero attached hydrogens (tertiary/aromatic N) is 3. The lowest BCUT2D eigenvalue weighted by Crippen LogP contribution is -2.49. The van der Waals surface area contributed by atoms with Crippen LogP contribution >= 0.6 is 0 Å². The summed E-state index contributed by atoms with van der Waals surface area (Å²) in [6.45, 7) is 6.56. The summed E-state index contributed by atoms with van der Waals surface area (Å²) in [6, 6.07) is 6.59. The van der Waals surface area contributed by atoms with Crippen molar-refractivity contribution >= 4 is 35.3 Å². The lowest BCUT2D eigenvalue weighted by Gasteiger charge is -2.36. The highest BCUT2D eigenvalue weighted by Crippen LogP contribution is 2.21. The number of carbonyl (C=O) groups is 3. The van der Waals surface area contributed by atoms with Gasteiger partial charge in [0, 0.05) is 44.0 Å². The molecule has 0 radical (unpaired) electrons. The summed E-state index contributed by atoms with van der Waals surface area (Å²) in [5.74, 6) is -0.687. The number of benzene rings is 1. The van der Waals surface area contributed by atoms with Crippen LogP contribution in [0.5, 0.6) is 0 Å². The molecule has 2 aliphatic heterocycles. The van der Waals surface area contributed by atoms with Gasteiger partial charge in [-0.05, 0) is 30.5 Å². The first-order valence-corrected chi connectivity index (χ1v) is 12.2. The SMILES string of the molecule is CC(C)COC(=O)NC(CCC(=O)N1CCN(c2cccc(NC3=NCC(F)CN3)c2)CC1)C(=O)O. The first kappa shape index (κ1) is 27.0. The predicted molar refractivity (Wildman–Crippen MR) is 134 cm³/mol. The van der Waals surface area contributed by atoms with E-state index in [2.05, 4.69) is 25.8 Å². The number of carboxylic acids is 1. The quantitative estimate of drug-likeness (QED) is 0.397. The van der Waals surface area contributed by atoms with E-state index in [0.717, 1.165) is 11.4 Å². The minimum Gasteiger partial charge on any atom is -0.480 e. The molecule has 2 heterocycles. The molecule has 1 fully saturated rings. The molecular formula is C24H35FN6O5. The molecule has 11 nitrogen and oxygen atoms in total. The second-order valence-corrected chi connectivity index (χ2v) is 9.28.